The molecule has 1 saturated carbocycles. The van der Waals surface area contributed by atoms with Gasteiger partial charge in [-0.2, -0.15) is 0 Å². The first-order valence-corrected chi connectivity index (χ1v) is 10.4. The van der Waals surface area contributed by atoms with Crippen molar-refractivity contribution in [3.8, 4) is 0 Å². The first kappa shape index (κ1) is 17.2. The molecule has 2 aromatic rings. The van der Waals surface area contributed by atoms with Crippen LogP contribution in [0.5, 0.6) is 0 Å². The number of benzene rings is 1. The van der Waals surface area contributed by atoms with Crippen LogP contribution in [0.3, 0.4) is 0 Å². The van der Waals surface area contributed by atoms with E-state index in [-0.39, 0.29) is 6.10 Å². The predicted octanol–water partition coefficient (Wildman–Crippen LogP) is 4.06. The van der Waals surface area contributed by atoms with Gasteiger partial charge in [-0.05, 0) is 62.3 Å². The Labute approximate surface area is 161 Å². The second-order valence-corrected chi connectivity index (χ2v) is 8.38. The fourth-order valence-electron chi connectivity index (χ4n) is 4.29. The molecule has 4 heteroatoms. The van der Waals surface area contributed by atoms with E-state index in [2.05, 4.69) is 59.1 Å². The average Bonchev–Trinajstić information content (AvgIpc) is 3.46. The third kappa shape index (κ3) is 3.74. The third-order valence-corrected chi connectivity index (χ3v) is 6.18. The summed E-state index contributed by atoms with van der Waals surface area (Å²) in [4.78, 5) is 7.40. The summed E-state index contributed by atoms with van der Waals surface area (Å²) >= 11 is 0. The molecule has 2 fully saturated rings. The van der Waals surface area contributed by atoms with Crippen LogP contribution in [0.1, 0.15) is 54.4 Å². The van der Waals surface area contributed by atoms with E-state index in [1.54, 1.807) is 0 Å². The fraction of sp³-hybridized carbons (Fsp3) is 0.522. The van der Waals surface area contributed by atoms with Gasteiger partial charge in [0.2, 0.25) is 0 Å². The zero-order chi connectivity index (χ0) is 18.2. The van der Waals surface area contributed by atoms with E-state index in [0.717, 1.165) is 56.3 Å². The maximum absolute atomic E-state index is 6.73. The minimum Gasteiger partial charge on any atom is -0.362 e. The second-order valence-electron chi connectivity index (χ2n) is 8.38. The topological polar surface area (TPSA) is 30.3 Å². The van der Waals surface area contributed by atoms with Gasteiger partial charge in [-0.15, -0.1) is 0 Å². The zero-order valence-corrected chi connectivity index (χ0v) is 16.2. The lowest BCUT2D eigenvalue weighted by atomic mass is 10.00. The van der Waals surface area contributed by atoms with E-state index >= 15 is 0 Å². The number of piperidine rings is 1. The highest BCUT2D eigenvalue weighted by molar-refractivity contribution is 5.46. The molecule has 0 amide bonds. The molecule has 0 spiro atoms. The number of hydrogen-bond acceptors (Lipinski definition) is 3. The molecule has 1 aromatic heterocycles. The molecule has 1 saturated heterocycles. The van der Waals surface area contributed by atoms with E-state index in [1.165, 1.54) is 24.0 Å². The summed E-state index contributed by atoms with van der Waals surface area (Å²) < 4.78 is 9.06. The number of hydrogen-bond donors (Lipinski definition) is 0. The molecule has 1 unspecified atom stereocenters. The maximum atomic E-state index is 6.73. The molecule has 5 rings (SSSR count). The lowest BCUT2D eigenvalue weighted by molar-refractivity contribution is -0.0275. The molecule has 1 atom stereocenters. The van der Waals surface area contributed by atoms with Crippen LogP contribution in [0.2, 0.25) is 0 Å². The van der Waals surface area contributed by atoms with Crippen molar-refractivity contribution in [1.29, 1.82) is 0 Å². The number of allylic oxidation sites excluding steroid dienone is 1. The highest BCUT2D eigenvalue weighted by Gasteiger charge is 2.30. The van der Waals surface area contributed by atoms with Gasteiger partial charge in [0, 0.05) is 25.8 Å². The molecule has 2 aliphatic heterocycles. The van der Waals surface area contributed by atoms with E-state index in [9.17, 15) is 0 Å². The van der Waals surface area contributed by atoms with Gasteiger partial charge >= 0.3 is 0 Å². The molecule has 0 bridgehead atoms. The Balaban J connectivity index is 1.47. The summed E-state index contributed by atoms with van der Waals surface area (Å²) in [5, 5.41) is 0. The molecule has 1 aromatic carbocycles. The smallest absolute Gasteiger partial charge is 0.143 e. The Hall–Kier alpha value is -1.91. The Bertz CT molecular complexity index is 828. The Morgan fingerprint density at radius 2 is 1.89 bits per heavy atom. The maximum Gasteiger partial charge on any atom is 0.143 e. The number of likely N-dealkylation sites (tertiary alicyclic amines) is 1. The Morgan fingerprint density at radius 1 is 1.07 bits per heavy atom. The normalized spacial score (nSPS) is 24.0. The number of aromatic nitrogens is 2. The van der Waals surface area contributed by atoms with Crippen LogP contribution in [0.15, 0.2) is 36.5 Å². The van der Waals surface area contributed by atoms with E-state index in [0.29, 0.717) is 6.10 Å². The van der Waals surface area contributed by atoms with E-state index < -0.39 is 0 Å². The van der Waals surface area contributed by atoms with Gasteiger partial charge in [-0.25, -0.2) is 4.98 Å². The number of fused-ring (bicyclic) bond motifs is 2. The van der Waals surface area contributed by atoms with Crippen molar-refractivity contribution in [2.24, 2.45) is 5.92 Å². The number of aryl methyl sites for hydroxylation is 2. The number of imidazole rings is 1. The largest absolute Gasteiger partial charge is 0.362 e. The first-order chi connectivity index (χ1) is 13.3. The van der Waals surface area contributed by atoms with Crippen molar-refractivity contribution in [3.63, 3.8) is 0 Å². The monoisotopic (exact) mass is 363 g/mol. The zero-order valence-electron chi connectivity index (χ0n) is 16.2. The first-order valence-electron chi connectivity index (χ1n) is 10.4. The highest BCUT2D eigenvalue weighted by atomic mass is 16.5. The van der Waals surface area contributed by atoms with Crippen molar-refractivity contribution in [3.05, 3.63) is 59.2 Å². The Kier molecular flexibility index (Phi) is 4.62. The van der Waals surface area contributed by atoms with Crippen molar-refractivity contribution >= 4 is 6.08 Å². The van der Waals surface area contributed by atoms with Crippen LogP contribution in [0, 0.1) is 5.92 Å². The van der Waals surface area contributed by atoms with Gasteiger partial charge in [-0.1, -0.05) is 30.3 Å². The summed E-state index contributed by atoms with van der Waals surface area (Å²) in [6.07, 6.45) is 12.9. The van der Waals surface area contributed by atoms with Gasteiger partial charge in [0.25, 0.3) is 0 Å². The lowest BCUT2D eigenvalue weighted by Crippen LogP contribution is -2.35. The summed E-state index contributed by atoms with van der Waals surface area (Å²) in [5.41, 5.74) is 3.78. The van der Waals surface area contributed by atoms with Gasteiger partial charge in [0.05, 0.1) is 11.8 Å². The van der Waals surface area contributed by atoms with Gasteiger partial charge in [0.1, 0.15) is 11.9 Å². The summed E-state index contributed by atoms with van der Waals surface area (Å²) in [7, 11) is 2.20. The highest BCUT2D eigenvalue weighted by Crippen LogP contribution is 2.35. The molecule has 0 N–H and O–H groups in total. The molecule has 27 heavy (non-hydrogen) atoms. The summed E-state index contributed by atoms with van der Waals surface area (Å²) in [6, 6.07) is 8.76. The molecule has 1 aliphatic carbocycles. The van der Waals surface area contributed by atoms with Crippen LogP contribution in [-0.4, -0.2) is 40.7 Å². The van der Waals surface area contributed by atoms with Crippen LogP contribution in [0.25, 0.3) is 6.08 Å². The standard InChI is InChI=1S/C23H29N3O/c1-25-13-11-20(12-14-25)27-22-21-5-3-2-4-18(21)10-15-26-16-19(24-23(22)26)9-8-17-6-7-17/h2-5,8-9,16-17,20,22H,6-7,10-15H2,1H3/b9-8+. The van der Waals surface area contributed by atoms with Gasteiger partial charge < -0.3 is 14.2 Å². The van der Waals surface area contributed by atoms with E-state index in [1.807, 2.05) is 0 Å². The van der Waals surface area contributed by atoms with Gasteiger partial charge in [0.15, 0.2) is 0 Å². The van der Waals surface area contributed by atoms with Crippen LogP contribution in [0.4, 0.5) is 0 Å². The SMILES string of the molecule is CN1CCC(OC2c3ccccc3CCn3cc(/C=C/C4CC4)nc32)CC1. The van der Waals surface area contributed by atoms with Crippen LogP contribution in [-0.2, 0) is 17.7 Å². The third-order valence-electron chi connectivity index (χ3n) is 6.18. The molecule has 4 nitrogen and oxygen atoms in total. The summed E-state index contributed by atoms with van der Waals surface area (Å²) in [5.74, 6) is 1.85. The average molecular weight is 364 g/mol. The van der Waals surface area contributed by atoms with Crippen molar-refractivity contribution in [2.75, 3.05) is 20.1 Å². The Morgan fingerprint density at radius 3 is 2.70 bits per heavy atom. The van der Waals surface area contributed by atoms with Crippen LogP contribution >= 0.6 is 0 Å². The minimum absolute atomic E-state index is 0.0554. The van der Waals surface area contributed by atoms with Crippen LogP contribution < -0.4 is 0 Å². The predicted molar refractivity (Wildman–Crippen MR) is 108 cm³/mol. The number of rotatable bonds is 4. The van der Waals surface area contributed by atoms with Crippen molar-refractivity contribution in [2.45, 2.75) is 50.9 Å². The number of ether oxygens (including phenoxy) is 1. The molecular formula is C23H29N3O. The second kappa shape index (κ2) is 7.25. The quantitative estimate of drug-likeness (QED) is 0.820. The molecule has 3 aliphatic rings. The van der Waals surface area contributed by atoms with Crippen molar-refractivity contribution in [1.82, 2.24) is 14.5 Å². The van der Waals surface area contributed by atoms with Crippen molar-refractivity contribution < 1.29 is 4.74 Å². The molecule has 3 heterocycles. The van der Waals surface area contributed by atoms with E-state index in [4.69, 9.17) is 9.72 Å². The summed E-state index contributed by atoms with van der Waals surface area (Å²) in [6.45, 7) is 3.20. The fourth-order valence-corrected chi connectivity index (χ4v) is 4.29. The lowest BCUT2D eigenvalue weighted by Gasteiger charge is -2.32. The molecule has 0 radical (unpaired) electrons. The number of nitrogens with zero attached hydrogens (tertiary/aromatic N) is 3. The molecular weight excluding hydrogens is 334 g/mol. The minimum atomic E-state index is -0.0554. The van der Waals surface area contributed by atoms with Gasteiger partial charge in [-0.3, -0.25) is 0 Å². The molecule has 142 valence electrons.